The van der Waals surface area contributed by atoms with Crippen LogP contribution in [0.2, 0.25) is 0 Å². The second-order valence-electron chi connectivity index (χ2n) is 4.18. The first kappa shape index (κ1) is 15.2. The lowest BCUT2D eigenvalue weighted by molar-refractivity contribution is 0.0698. The van der Waals surface area contributed by atoms with Crippen LogP contribution in [0.4, 0.5) is 11.5 Å². The molecular formula is C12H20N4O3. The molecule has 0 aliphatic heterocycles. The van der Waals surface area contributed by atoms with E-state index < -0.39 is 5.97 Å². The summed E-state index contributed by atoms with van der Waals surface area (Å²) < 4.78 is 4.98. The number of nitrogens with one attached hydrogen (secondary N) is 1. The van der Waals surface area contributed by atoms with Gasteiger partial charge in [0.2, 0.25) is 0 Å². The lowest BCUT2D eigenvalue weighted by Crippen LogP contribution is -2.28. The molecule has 0 aliphatic carbocycles. The maximum absolute atomic E-state index is 10.9. The summed E-state index contributed by atoms with van der Waals surface area (Å²) in [7, 11) is 3.65. The Morgan fingerprint density at radius 1 is 1.58 bits per heavy atom. The average Bonchev–Trinajstić information content (AvgIpc) is 2.38. The summed E-state index contributed by atoms with van der Waals surface area (Å²) in [6.07, 6.45) is 1.35. The smallest absolute Gasteiger partial charge is 0.337 e. The van der Waals surface area contributed by atoms with Crippen molar-refractivity contribution in [3.63, 3.8) is 0 Å². The lowest BCUT2D eigenvalue weighted by Gasteiger charge is -2.16. The van der Waals surface area contributed by atoms with E-state index in [-0.39, 0.29) is 11.3 Å². The summed E-state index contributed by atoms with van der Waals surface area (Å²) in [5, 5.41) is 12.0. The molecule has 7 nitrogen and oxygen atoms in total. The minimum atomic E-state index is -1.06. The Morgan fingerprint density at radius 3 is 2.95 bits per heavy atom. The van der Waals surface area contributed by atoms with Gasteiger partial charge >= 0.3 is 5.97 Å². The molecule has 0 atom stereocenters. The van der Waals surface area contributed by atoms with Gasteiger partial charge in [-0.25, -0.2) is 9.78 Å². The van der Waals surface area contributed by atoms with Gasteiger partial charge in [0.05, 0.1) is 24.1 Å². The third-order valence-electron chi connectivity index (χ3n) is 2.64. The number of carboxylic acids is 1. The van der Waals surface area contributed by atoms with Gasteiger partial charge in [-0.2, -0.15) is 0 Å². The van der Waals surface area contributed by atoms with Gasteiger partial charge in [-0.15, -0.1) is 0 Å². The van der Waals surface area contributed by atoms with Crippen molar-refractivity contribution in [2.45, 2.75) is 0 Å². The normalized spacial score (nSPS) is 10.7. The van der Waals surface area contributed by atoms with Crippen molar-refractivity contribution in [1.82, 2.24) is 9.88 Å². The van der Waals surface area contributed by atoms with Crippen LogP contribution in [0, 0.1) is 0 Å². The Bertz CT molecular complexity index is 425. The van der Waals surface area contributed by atoms with Crippen molar-refractivity contribution < 1.29 is 14.6 Å². The number of aromatic carboxylic acids is 1. The summed E-state index contributed by atoms with van der Waals surface area (Å²) in [5.74, 6) is -0.549. The topological polar surface area (TPSA) is 101 Å². The number of hydrogen-bond acceptors (Lipinski definition) is 6. The van der Waals surface area contributed by atoms with Crippen LogP contribution in [0.15, 0.2) is 12.3 Å². The summed E-state index contributed by atoms with van der Waals surface area (Å²) in [6.45, 7) is 2.99. The third kappa shape index (κ3) is 5.11. The summed E-state index contributed by atoms with van der Waals surface area (Å²) >= 11 is 0. The van der Waals surface area contributed by atoms with Crippen LogP contribution >= 0.6 is 0 Å². The minimum Gasteiger partial charge on any atom is -0.478 e. The van der Waals surface area contributed by atoms with Crippen LogP contribution in [0.25, 0.3) is 0 Å². The molecule has 1 heterocycles. The second-order valence-corrected chi connectivity index (χ2v) is 4.18. The standard InChI is InChI=1S/C12H20N4O3/c1-16(5-6-19-2)4-3-14-11-7-9(12(17)18)10(13)8-15-11/h7-8H,3-6,13H2,1-2H3,(H,14,15)(H,17,18). The van der Waals surface area contributed by atoms with Crippen molar-refractivity contribution in [3.8, 4) is 0 Å². The number of nitrogens with two attached hydrogens (primary N) is 1. The number of hydrogen-bond donors (Lipinski definition) is 3. The Morgan fingerprint density at radius 2 is 2.32 bits per heavy atom. The molecule has 0 saturated carbocycles. The number of pyridine rings is 1. The van der Waals surface area contributed by atoms with Crippen molar-refractivity contribution in [2.24, 2.45) is 0 Å². The molecule has 0 aromatic carbocycles. The molecule has 0 fully saturated rings. The molecular weight excluding hydrogens is 248 g/mol. The molecule has 0 bridgehead atoms. The number of likely N-dealkylation sites (N-methyl/N-ethyl adjacent to an activating group) is 1. The van der Waals surface area contributed by atoms with E-state index in [0.29, 0.717) is 19.0 Å². The van der Waals surface area contributed by atoms with E-state index in [2.05, 4.69) is 15.2 Å². The molecule has 1 aromatic heterocycles. The molecule has 0 radical (unpaired) electrons. The van der Waals surface area contributed by atoms with E-state index in [4.69, 9.17) is 15.6 Å². The number of nitrogen functional groups attached to an aromatic ring is 1. The van der Waals surface area contributed by atoms with Crippen molar-refractivity contribution in [2.75, 3.05) is 51.4 Å². The predicted octanol–water partition coefficient (Wildman–Crippen LogP) is 0.352. The van der Waals surface area contributed by atoms with Gasteiger partial charge < -0.3 is 25.8 Å². The van der Waals surface area contributed by atoms with Gasteiger partial charge in [0.1, 0.15) is 5.82 Å². The van der Waals surface area contributed by atoms with Gasteiger partial charge in [-0.3, -0.25) is 0 Å². The Hall–Kier alpha value is -1.86. The van der Waals surface area contributed by atoms with E-state index in [9.17, 15) is 4.79 Å². The highest BCUT2D eigenvalue weighted by atomic mass is 16.5. The molecule has 1 rings (SSSR count). The fourth-order valence-electron chi connectivity index (χ4n) is 1.48. The highest BCUT2D eigenvalue weighted by Gasteiger charge is 2.09. The van der Waals surface area contributed by atoms with Crippen molar-refractivity contribution >= 4 is 17.5 Å². The largest absolute Gasteiger partial charge is 0.478 e. The van der Waals surface area contributed by atoms with E-state index in [1.165, 1.54) is 12.3 Å². The highest BCUT2D eigenvalue weighted by Crippen LogP contribution is 2.14. The van der Waals surface area contributed by atoms with E-state index in [1.807, 2.05) is 7.05 Å². The molecule has 0 unspecified atom stereocenters. The van der Waals surface area contributed by atoms with Gasteiger partial charge in [-0.05, 0) is 13.1 Å². The van der Waals surface area contributed by atoms with Crippen LogP contribution < -0.4 is 11.1 Å². The number of aromatic nitrogens is 1. The molecule has 106 valence electrons. The third-order valence-corrected chi connectivity index (χ3v) is 2.64. The van der Waals surface area contributed by atoms with Crippen LogP contribution in [0.1, 0.15) is 10.4 Å². The minimum absolute atomic E-state index is 0.0604. The average molecular weight is 268 g/mol. The number of anilines is 2. The first-order chi connectivity index (χ1) is 9.04. The van der Waals surface area contributed by atoms with Gasteiger partial charge in [0, 0.05) is 26.7 Å². The maximum atomic E-state index is 10.9. The number of rotatable bonds is 8. The second kappa shape index (κ2) is 7.55. The molecule has 7 heteroatoms. The summed E-state index contributed by atoms with van der Waals surface area (Å²) in [5.41, 5.74) is 5.75. The quantitative estimate of drug-likeness (QED) is 0.625. The number of carboxylic acid groups (broad SMARTS) is 1. The van der Waals surface area contributed by atoms with Crippen molar-refractivity contribution in [3.05, 3.63) is 17.8 Å². The monoisotopic (exact) mass is 268 g/mol. The van der Waals surface area contributed by atoms with E-state index in [1.54, 1.807) is 7.11 Å². The van der Waals surface area contributed by atoms with Crippen LogP contribution in [-0.2, 0) is 4.74 Å². The lowest BCUT2D eigenvalue weighted by atomic mass is 10.2. The highest BCUT2D eigenvalue weighted by molar-refractivity contribution is 5.94. The van der Waals surface area contributed by atoms with E-state index >= 15 is 0 Å². The van der Waals surface area contributed by atoms with Crippen LogP contribution in [0.3, 0.4) is 0 Å². The van der Waals surface area contributed by atoms with Crippen molar-refractivity contribution in [1.29, 1.82) is 0 Å². The van der Waals surface area contributed by atoms with Gasteiger partial charge in [0.15, 0.2) is 0 Å². The maximum Gasteiger partial charge on any atom is 0.337 e. The summed E-state index contributed by atoms with van der Waals surface area (Å²) in [4.78, 5) is 17.1. The van der Waals surface area contributed by atoms with Gasteiger partial charge in [0.25, 0.3) is 0 Å². The molecule has 0 amide bonds. The Kier molecular flexibility index (Phi) is 6.04. The number of carbonyl (C=O) groups is 1. The zero-order valence-electron chi connectivity index (χ0n) is 11.2. The van der Waals surface area contributed by atoms with E-state index in [0.717, 1.165) is 13.1 Å². The fraction of sp³-hybridized carbons (Fsp3) is 0.500. The SMILES string of the molecule is COCCN(C)CCNc1cc(C(=O)O)c(N)cn1. The first-order valence-corrected chi connectivity index (χ1v) is 5.94. The zero-order valence-corrected chi connectivity index (χ0v) is 11.2. The molecule has 0 saturated heterocycles. The predicted molar refractivity (Wildman–Crippen MR) is 73.5 cm³/mol. The molecule has 1 aromatic rings. The first-order valence-electron chi connectivity index (χ1n) is 5.94. The molecule has 19 heavy (non-hydrogen) atoms. The van der Waals surface area contributed by atoms with Crippen LogP contribution in [0.5, 0.6) is 0 Å². The Balaban J connectivity index is 2.45. The molecule has 0 spiro atoms. The zero-order chi connectivity index (χ0) is 14.3. The Labute approximate surface area is 112 Å². The number of nitrogens with zero attached hydrogens (tertiary/aromatic N) is 2. The molecule has 4 N–H and O–H groups in total. The molecule has 0 aliphatic rings. The fourth-order valence-corrected chi connectivity index (χ4v) is 1.48. The number of methoxy groups -OCH3 is 1. The number of ether oxygens (including phenoxy) is 1. The van der Waals surface area contributed by atoms with Crippen LogP contribution in [-0.4, -0.2) is 61.4 Å². The summed E-state index contributed by atoms with van der Waals surface area (Å²) in [6, 6.07) is 1.44. The van der Waals surface area contributed by atoms with Gasteiger partial charge in [-0.1, -0.05) is 0 Å².